The van der Waals surface area contributed by atoms with Crippen LogP contribution in [-0.2, 0) is 21.2 Å². The van der Waals surface area contributed by atoms with Gasteiger partial charge in [-0.3, -0.25) is 9.59 Å². The van der Waals surface area contributed by atoms with Crippen molar-refractivity contribution in [3.63, 3.8) is 0 Å². The number of sulfonamides is 1. The van der Waals surface area contributed by atoms with Gasteiger partial charge in [-0.15, -0.1) is 0 Å². The van der Waals surface area contributed by atoms with Crippen LogP contribution in [0, 0.1) is 6.92 Å². The largest absolute Gasteiger partial charge is 0.337 e. The third kappa shape index (κ3) is 4.11. The molecule has 0 saturated carbocycles. The normalized spacial score (nSPS) is 17.8. The van der Waals surface area contributed by atoms with Crippen LogP contribution in [0.5, 0.6) is 0 Å². The van der Waals surface area contributed by atoms with Crippen LogP contribution in [0.25, 0.3) is 0 Å². The van der Waals surface area contributed by atoms with Gasteiger partial charge in [0.15, 0.2) is 0 Å². The Labute approximate surface area is 176 Å². The summed E-state index contributed by atoms with van der Waals surface area (Å²) in [6, 6.07) is 12.3. The standard InChI is InChI=1S/C22H25N3O4S/c1-16-4-2-5-18(14-16)22(27)24-10-3-11-25(13-12-24)30(28,29)19-7-8-20-17(15-19)6-9-21(26)23-20/h2,4-5,7-8,14-15H,3,6,9-13H2,1H3,(H,23,26). The number of carbonyl (C=O) groups excluding carboxylic acids is 2. The first-order chi connectivity index (χ1) is 14.3. The molecule has 8 heteroatoms. The maximum atomic E-state index is 13.2. The van der Waals surface area contributed by atoms with Crippen LogP contribution >= 0.6 is 0 Å². The third-order valence-corrected chi connectivity index (χ3v) is 7.51. The van der Waals surface area contributed by atoms with Gasteiger partial charge in [-0.1, -0.05) is 17.7 Å². The van der Waals surface area contributed by atoms with Crippen molar-refractivity contribution in [2.45, 2.75) is 31.1 Å². The lowest BCUT2D eigenvalue weighted by atomic mass is 10.0. The fourth-order valence-corrected chi connectivity index (χ4v) is 5.49. The van der Waals surface area contributed by atoms with E-state index >= 15 is 0 Å². The zero-order chi connectivity index (χ0) is 21.3. The lowest BCUT2D eigenvalue weighted by Crippen LogP contribution is -2.37. The lowest BCUT2D eigenvalue weighted by molar-refractivity contribution is -0.116. The highest BCUT2D eigenvalue weighted by Crippen LogP contribution is 2.27. The Bertz CT molecular complexity index is 1100. The Morgan fingerprint density at radius 2 is 1.83 bits per heavy atom. The van der Waals surface area contributed by atoms with E-state index in [1.807, 2.05) is 25.1 Å². The molecule has 0 aromatic heterocycles. The fourth-order valence-electron chi connectivity index (χ4n) is 3.97. The lowest BCUT2D eigenvalue weighted by Gasteiger charge is -2.23. The molecule has 2 amide bonds. The van der Waals surface area contributed by atoms with E-state index in [9.17, 15) is 18.0 Å². The van der Waals surface area contributed by atoms with Gasteiger partial charge in [0, 0.05) is 43.9 Å². The smallest absolute Gasteiger partial charge is 0.253 e. The van der Waals surface area contributed by atoms with Crippen molar-refractivity contribution in [1.82, 2.24) is 9.21 Å². The van der Waals surface area contributed by atoms with Crippen molar-refractivity contribution in [3.05, 3.63) is 59.2 Å². The monoisotopic (exact) mass is 427 g/mol. The second-order valence-electron chi connectivity index (χ2n) is 7.79. The maximum absolute atomic E-state index is 13.2. The first kappa shape index (κ1) is 20.6. The summed E-state index contributed by atoms with van der Waals surface area (Å²) < 4.78 is 27.9. The molecule has 2 aromatic carbocycles. The van der Waals surface area contributed by atoms with Crippen molar-refractivity contribution in [2.24, 2.45) is 0 Å². The second kappa shape index (κ2) is 8.20. The molecule has 2 heterocycles. The molecule has 0 aliphatic carbocycles. The number of rotatable bonds is 3. The minimum absolute atomic E-state index is 0.0519. The van der Waals surface area contributed by atoms with E-state index in [0.29, 0.717) is 50.1 Å². The Balaban J connectivity index is 1.50. The van der Waals surface area contributed by atoms with E-state index in [4.69, 9.17) is 0 Å². The van der Waals surface area contributed by atoms with E-state index in [1.54, 1.807) is 29.2 Å². The number of benzene rings is 2. The molecule has 0 unspecified atom stereocenters. The van der Waals surface area contributed by atoms with Crippen LogP contribution in [0.4, 0.5) is 5.69 Å². The molecule has 1 saturated heterocycles. The van der Waals surface area contributed by atoms with Crippen LogP contribution in [0.1, 0.15) is 34.3 Å². The highest BCUT2D eigenvalue weighted by molar-refractivity contribution is 7.89. The van der Waals surface area contributed by atoms with Crippen LogP contribution in [-0.4, -0.2) is 55.6 Å². The first-order valence-corrected chi connectivity index (χ1v) is 11.6. The Kier molecular flexibility index (Phi) is 5.62. The number of nitrogens with one attached hydrogen (secondary N) is 1. The molecule has 158 valence electrons. The molecule has 2 aliphatic rings. The molecule has 30 heavy (non-hydrogen) atoms. The summed E-state index contributed by atoms with van der Waals surface area (Å²) in [5.41, 5.74) is 3.16. The van der Waals surface area contributed by atoms with E-state index < -0.39 is 10.0 Å². The molecule has 0 radical (unpaired) electrons. The Hall–Kier alpha value is -2.71. The molecule has 1 fully saturated rings. The number of aryl methyl sites for hydroxylation is 2. The highest BCUT2D eigenvalue weighted by atomic mass is 32.2. The summed E-state index contributed by atoms with van der Waals surface area (Å²) in [5, 5.41) is 2.77. The van der Waals surface area contributed by atoms with Crippen LogP contribution < -0.4 is 5.32 Å². The van der Waals surface area contributed by atoms with Gasteiger partial charge in [-0.2, -0.15) is 4.31 Å². The van der Waals surface area contributed by atoms with E-state index in [2.05, 4.69) is 5.32 Å². The second-order valence-corrected chi connectivity index (χ2v) is 9.72. The minimum atomic E-state index is -3.67. The van der Waals surface area contributed by atoms with Gasteiger partial charge in [-0.25, -0.2) is 8.42 Å². The molecule has 1 N–H and O–H groups in total. The van der Waals surface area contributed by atoms with Crippen molar-refractivity contribution in [2.75, 3.05) is 31.5 Å². The van der Waals surface area contributed by atoms with Gasteiger partial charge in [0.25, 0.3) is 5.91 Å². The van der Waals surface area contributed by atoms with Gasteiger partial charge in [0.05, 0.1) is 4.90 Å². The van der Waals surface area contributed by atoms with Crippen molar-refractivity contribution >= 4 is 27.5 Å². The molecular weight excluding hydrogens is 402 g/mol. The van der Waals surface area contributed by atoms with Gasteiger partial charge >= 0.3 is 0 Å². The number of amides is 2. The van der Waals surface area contributed by atoms with E-state index in [-0.39, 0.29) is 23.3 Å². The summed E-state index contributed by atoms with van der Waals surface area (Å²) >= 11 is 0. The number of carbonyl (C=O) groups is 2. The average molecular weight is 428 g/mol. The van der Waals surface area contributed by atoms with Gasteiger partial charge in [0.1, 0.15) is 0 Å². The maximum Gasteiger partial charge on any atom is 0.253 e. The number of hydrogen-bond acceptors (Lipinski definition) is 4. The molecule has 0 atom stereocenters. The zero-order valence-electron chi connectivity index (χ0n) is 16.9. The Morgan fingerprint density at radius 1 is 1.00 bits per heavy atom. The molecule has 2 aromatic rings. The van der Waals surface area contributed by atoms with Gasteiger partial charge in [-0.05, 0) is 55.7 Å². The van der Waals surface area contributed by atoms with Crippen LogP contribution in [0.2, 0.25) is 0 Å². The van der Waals surface area contributed by atoms with E-state index in [1.165, 1.54) is 4.31 Å². The predicted octanol–water partition coefficient (Wildman–Crippen LogP) is 2.42. The SMILES string of the molecule is Cc1cccc(C(=O)N2CCCN(S(=O)(=O)c3ccc4c(c3)CCC(=O)N4)CC2)c1. The number of fused-ring (bicyclic) bond motifs is 1. The summed E-state index contributed by atoms with van der Waals surface area (Å²) in [4.78, 5) is 26.3. The molecule has 7 nitrogen and oxygen atoms in total. The molecule has 0 spiro atoms. The topological polar surface area (TPSA) is 86.8 Å². The molecule has 2 aliphatic heterocycles. The number of anilines is 1. The average Bonchev–Trinajstić information content (AvgIpc) is 2.99. The Morgan fingerprint density at radius 3 is 2.63 bits per heavy atom. The summed E-state index contributed by atoms with van der Waals surface area (Å²) in [7, 11) is -3.67. The summed E-state index contributed by atoms with van der Waals surface area (Å²) in [5.74, 6) is -0.119. The first-order valence-electron chi connectivity index (χ1n) is 10.1. The quantitative estimate of drug-likeness (QED) is 0.815. The van der Waals surface area contributed by atoms with E-state index in [0.717, 1.165) is 11.1 Å². The van der Waals surface area contributed by atoms with Crippen LogP contribution in [0.3, 0.4) is 0 Å². The number of hydrogen-bond donors (Lipinski definition) is 1. The summed E-state index contributed by atoms with van der Waals surface area (Å²) in [6.45, 7) is 3.45. The predicted molar refractivity (Wildman–Crippen MR) is 114 cm³/mol. The minimum Gasteiger partial charge on any atom is -0.337 e. The molecule has 4 rings (SSSR count). The van der Waals surface area contributed by atoms with Gasteiger partial charge < -0.3 is 10.2 Å². The van der Waals surface area contributed by atoms with Crippen molar-refractivity contribution in [1.29, 1.82) is 0 Å². The van der Waals surface area contributed by atoms with Crippen molar-refractivity contribution < 1.29 is 18.0 Å². The zero-order valence-corrected chi connectivity index (χ0v) is 17.7. The number of nitrogens with zero attached hydrogens (tertiary/aromatic N) is 2. The van der Waals surface area contributed by atoms with Crippen LogP contribution in [0.15, 0.2) is 47.4 Å². The van der Waals surface area contributed by atoms with Gasteiger partial charge in [0.2, 0.25) is 15.9 Å². The molecular formula is C22H25N3O4S. The summed E-state index contributed by atoms with van der Waals surface area (Å²) in [6.07, 6.45) is 1.47. The fraction of sp³-hybridized carbons (Fsp3) is 0.364. The van der Waals surface area contributed by atoms with Crippen molar-refractivity contribution in [3.8, 4) is 0 Å². The molecule has 0 bridgehead atoms. The highest BCUT2D eigenvalue weighted by Gasteiger charge is 2.29. The third-order valence-electron chi connectivity index (χ3n) is 5.62.